The maximum atomic E-state index is 12.5. The summed E-state index contributed by atoms with van der Waals surface area (Å²) >= 11 is 0. The first-order chi connectivity index (χ1) is 12.3. The van der Waals surface area contributed by atoms with Gasteiger partial charge < -0.3 is 15.0 Å². The number of benzene rings is 1. The van der Waals surface area contributed by atoms with E-state index in [2.05, 4.69) is 11.4 Å². The summed E-state index contributed by atoms with van der Waals surface area (Å²) in [5, 5.41) is 3.10. The first-order valence-electron chi connectivity index (χ1n) is 9.62. The number of nitrogens with one attached hydrogen (secondary N) is 1. The second kappa shape index (κ2) is 7.68. The third kappa shape index (κ3) is 4.37. The van der Waals surface area contributed by atoms with Crippen molar-refractivity contribution in [1.82, 2.24) is 10.2 Å². The van der Waals surface area contributed by atoms with Crippen LogP contribution in [0.1, 0.15) is 39.2 Å². The SMILES string of the molecule is CC(C)(C)C(=O)N1CCC(C(=O)NCC2COc3ccccc3C2)CC1. The molecule has 0 spiro atoms. The summed E-state index contributed by atoms with van der Waals surface area (Å²) in [5.74, 6) is 1.58. The smallest absolute Gasteiger partial charge is 0.227 e. The first-order valence-corrected chi connectivity index (χ1v) is 9.62. The Morgan fingerprint density at radius 1 is 1.19 bits per heavy atom. The van der Waals surface area contributed by atoms with Crippen LogP contribution in [0.25, 0.3) is 0 Å². The highest BCUT2D eigenvalue weighted by Gasteiger charge is 2.32. The molecular weight excluding hydrogens is 328 g/mol. The fourth-order valence-electron chi connectivity index (χ4n) is 3.73. The lowest BCUT2D eigenvalue weighted by molar-refractivity contribution is -0.142. The van der Waals surface area contributed by atoms with Gasteiger partial charge in [0, 0.05) is 36.9 Å². The van der Waals surface area contributed by atoms with E-state index in [-0.39, 0.29) is 23.1 Å². The van der Waals surface area contributed by atoms with Crippen LogP contribution in [0.3, 0.4) is 0 Å². The molecule has 5 heteroatoms. The summed E-state index contributed by atoms with van der Waals surface area (Å²) in [6.07, 6.45) is 2.43. The van der Waals surface area contributed by atoms with Crippen LogP contribution >= 0.6 is 0 Å². The molecule has 1 fully saturated rings. The van der Waals surface area contributed by atoms with E-state index in [0.29, 0.717) is 32.2 Å². The molecular formula is C21H30N2O3. The quantitative estimate of drug-likeness (QED) is 0.904. The number of ether oxygens (including phenoxy) is 1. The molecule has 0 aliphatic carbocycles. The molecule has 1 aromatic carbocycles. The molecule has 2 aliphatic heterocycles. The lowest BCUT2D eigenvalue weighted by Gasteiger charge is -2.35. The Bertz CT molecular complexity index is 657. The molecule has 1 aromatic rings. The van der Waals surface area contributed by atoms with Gasteiger partial charge in [0.25, 0.3) is 0 Å². The minimum atomic E-state index is -0.355. The molecule has 1 unspecified atom stereocenters. The number of nitrogens with zero attached hydrogens (tertiary/aromatic N) is 1. The zero-order valence-electron chi connectivity index (χ0n) is 16.1. The Morgan fingerprint density at radius 3 is 2.58 bits per heavy atom. The molecule has 0 bridgehead atoms. The van der Waals surface area contributed by atoms with E-state index in [4.69, 9.17) is 4.74 Å². The van der Waals surface area contributed by atoms with E-state index in [1.54, 1.807) is 0 Å². The lowest BCUT2D eigenvalue weighted by atomic mass is 9.90. The predicted octanol–water partition coefficient (Wildman–Crippen LogP) is 2.64. The second-order valence-electron chi connectivity index (χ2n) is 8.55. The Balaban J connectivity index is 1.43. The number of para-hydroxylation sites is 1. The summed E-state index contributed by atoms with van der Waals surface area (Å²) < 4.78 is 5.79. The van der Waals surface area contributed by atoms with Crippen molar-refractivity contribution in [3.8, 4) is 5.75 Å². The first kappa shape index (κ1) is 18.7. The topological polar surface area (TPSA) is 58.6 Å². The van der Waals surface area contributed by atoms with Crippen molar-refractivity contribution in [3.05, 3.63) is 29.8 Å². The Morgan fingerprint density at radius 2 is 1.88 bits per heavy atom. The van der Waals surface area contributed by atoms with Crippen LogP contribution in [-0.2, 0) is 16.0 Å². The average molecular weight is 358 g/mol. The number of carbonyl (C=O) groups excluding carboxylic acids is 2. The maximum Gasteiger partial charge on any atom is 0.227 e. The van der Waals surface area contributed by atoms with Gasteiger partial charge in [-0.3, -0.25) is 9.59 Å². The number of piperidine rings is 1. The van der Waals surface area contributed by atoms with Crippen molar-refractivity contribution in [2.24, 2.45) is 17.3 Å². The predicted molar refractivity (Wildman–Crippen MR) is 101 cm³/mol. The highest BCUT2D eigenvalue weighted by molar-refractivity contribution is 5.82. The molecule has 0 aromatic heterocycles. The lowest BCUT2D eigenvalue weighted by Crippen LogP contribution is -2.47. The van der Waals surface area contributed by atoms with Crippen LogP contribution in [-0.4, -0.2) is 43.0 Å². The van der Waals surface area contributed by atoms with Gasteiger partial charge in [0.15, 0.2) is 0 Å². The molecule has 26 heavy (non-hydrogen) atoms. The number of carbonyl (C=O) groups is 2. The minimum Gasteiger partial charge on any atom is -0.493 e. The summed E-state index contributed by atoms with van der Waals surface area (Å²) in [4.78, 5) is 26.7. The molecule has 5 nitrogen and oxygen atoms in total. The van der Waals surface area contributed by atoms with Gasteiger partial charge >= 0.3 is 0 Å². The average Bonchev–Trinajstić information content (AvgIpc) is 2.64. The zero-order valence-corrected chi connectivity index (χ0v) is 16.1. The highest BCUT2D eigenvalue weighted by Crippen LogP contribution is 2.27. The Labute approximate surface area is 156 Å². The number of likely N-dealkylation sites (tertiary alicyclic amines) is 1. The van der Waals surface area contributed by atoms with Gasteiger partial charge in [-0.25, -0.2) is 0 Å². The van der Waals surface area contributed by atoms with Crippen LogP contribution in [0.15, 0.2) is 24.3 Å². The van der Waals surface area contributed by atoms with Crippen LogP contribution in [0.5, 0.6) is 5.75 Å². The molecule has 2 aliphatic rings. The van der Waals surface area contributed by atoms with Crippen molar-refractivity contribution >= 4 is 11.8 Å². The Kier molecular flexibility index (Phi) is 5.54. The van der Waals surface area contributed by atoms with E-state index in [1.807, 2.05) is 43.9 Å². The molecule has 2 heterocycles. The largest absolute Gasteiger partial charge is 0.493 e. The fraction of sp³-hybridized carbons (Fsp3) is 0.619. The van der Waals surface area contributed by atoms with Crippen LogP contribution in [0, 0.1) is 17.3 Å². The van der Waals surface area contributed by atoms with E-state index in [0.717, 1.165) is 25.0 Å². The number of rotatable bonds is 3. The molecule has 1 atom stereocenters. The summed E-state index contributed by atoms with van der Waals surface area (Å²) in [5.41, 5.74) is 0.860. The third-order valence-electron chi connectivity index (χ3n) is 5.32. The Hall–Kier alpha value is -2.04. The van der Waals surface area contributed by atoms with Crippen LogP contribution in [0.4, 0.5) is 0 Å². The van der Waals surface area contributed by atoms with Crippen molar-refractivity contribution in [3.63, 3.8) is 0 Å². The normalized spacial score (nSPS) is 20.9. The van der Waals surface area contributed by atoms with Crippen molar-refractivity contribution in [1.29, 1.82) is 0 Å². The van der Waals surface area contributed by atoms with E-state index in [9.17, 15) is 9.59 Å². The summed E-state index contributed by atoms with van der Waals surface area (Å²) in [7, 11) is 0. The standard InChI is InChI=1S/C21H30N2O3/c1-21(2,3)20(25)23-10-8-16(9-11-23)19(24)22-13-15-12-17-6-4-5-7-18(17)26-14-15/h4-7,15-16H,8-14H2,1-3H3,(H,22,24). The molecule has 0 radical (unpaired) electrons. The number of amides is 2. The van der Waals surface area contributed by atoms with E-state index >= 15 is 0 Å². The van der Waals surface area contributed by atoms with Gasteiger partial charge in [-0.2, -0.15) is 0 Å². The van der Waals surface area contributed by atoms with Gasteiger partial charge in [0.05, 0.1) is 6.61 Å². The monoisotopic (exact) mass is 358 g/mol. The number of hydrogen-bond donors (Lipinski definition) is 1. The van der Waals surface area contributed by atoms with Crippen molar-refractivity contribution < 1.29 is 14.3 Å². The molecule has 142 valence electrons. The zero-order chi connectivity index (χ0) is 18.7. The highest BCUT2D eigenvalue weighted by atomic mass is 16.5. The molecule has 1 saturated heterocycles. The van der Waals surface area contributed by atoms with Crippen molar-refractivity contribution in [2.45, 2.75) is 40.0 Å². The van der Waals surface area contributed by atoms with Gasteiger partial charge in [-0.15, -0.1) is 0 Å². The molecule has 2 amide bonds. The number of fused-ring (bicyclic) bond motifs is 1. The molecule has 1 N–H and O–H groups in total. The summed E-state index contributed by atoms with van der Waals surface area (Å²) in [6, 6.07) is 8.09. The molecule has 0 saturated carbocycles. The van der Waals surface area contributed by atoms with E-state index < -0.39 is 0 Å². The minimum absolute atomic E-state index is 0.0100. The molecule has 3 rings (SSSR count). The van der Waals surface area contributed by atoms with Gasteiger partial charge in [0.2, 0.25) is 11.8 Å². The van der Waals surface area contributed by atoms with Crippen LogP contribution in [0.2, 0.25) is 0 Å². The second-order valence-corrected chi connectivity index (χ2v) is 8.55. The van der Waals surface area contributed by atoms with Gasteiger partial charge in [-0.05, 0) is 30.9 Å². The third-order valence-corrected chi connectivity index (χ3v) is 5.32. The summed E-state index contributed by atoms with van der Waals surface area (Å²) in [6.45, 7) is 8.47. The van der Waals surface area contributed by atoms with E-state index in [1.165, 1.54) is 5.56 Å². The fourth-order valence-corrected chi connectivity index (χ4v) is 3.73. The van der Waals surface area contributed by atoms with Gasteiger partial charge in [-0.1, -0.05) is 39.0 Å². The maximum absolute atomic E-state index is 12.5. The van der Waals surface area contributed by atoms with Gasteiger partial charge in [0.1, 0.15) is 5.75 Å². The van der Waals surface area contributed by atoms with Crippen LogP contribution < -0.4 is 10.1 Å². The van der Waals surface area contributed by atoms with Crippen molar-refractivity contribution in [2.75, 3.05) is 26.2 Å². The number of hydrogen-bond acceptors (Lipinski definition) is 3.